The number of thiophene rings is 1. The lowest BCUT2D eigenvalue weighted by Gasteiger charge is -2.19. The van der Waals surface area contributed by atoms with Crippen molar-refractivity contribution in [3.8, 4) is 5.75 Å². The number of ether oxygens (including phenoxy) is 1. The van der Waals surface area contributed by atoms with Gasteiger partial charge in [-0.15, -0.1) is 11.3 Å². The lowest BCUT2D eigenvalue weighted by atomic mass is 9.97. The number of benzene rings is 1. The van der Waals surface area contributed by atoms with E-state index in [0.717, 1.165) is 34.5 Å². The van der Waals surface area contributed by atoms with Crippen LogP contribution in [0.3, 0.4) is 0 Å². The van der Waals surface area contributed by atoms with Crippen LogP contribution in [-0.4, -0.2) is 41.0 Å². The van der Waals surface area contributed by atoms with Crippen molar-refractivity contribution in [2.24, 2.45) is 0 Å². The normalized spacial score (nSPS) is 13.4. The maximum absolute atomic E-state index is 12.5. The number of nitrogens with two attached hydrogens (primary N) is 1. The van der Waals surface area contributed by atoms with E-state index in [0.29, 0.717) is 24.7 Å². The highest BCUT2D eigenvalue weighted by molar-refractivity contribution is 7.19. The lowest BCUT2D eigenvalue weighted by molar-refractivity contribution is -0.117. The minimum absolute atomic E-state index is 0.0809. The van der Waals surface area contributed by atoms with Gasteiger partial charge in [-0.25, -0.2) is 9.97 Å². The second kappa shape index (κ2) is 8.97. The van der Waals surface area contributed by atoms with Gasteiger partial charge < -0.3 is 15.8 Å². The molecule has 0 atom stereocenters. The van der Waals surface area contributed by atoms with Crippen molar-refractivity contribution in [2.45, 2.75) is 39.2 Å². The first-order valence-corrected chi connectivity index (χ1v) is 11.1. The van der Waals surface area contributed by atoms with Gasteiger partial charge in [-0.2, -0.15) is 0 Å². The monoisotopic (exact) mass is 425 g/mol. The molecule has 7 nitrogen and oxygen atoms in total. The number of rotatable bonds is 7. The van der Waals surface area contributed by atoms with E-state index in [1.165, 1.54) is 23.3 Å². The molecule has 0 unspecified atom stereocenters. The third kappa shape index (κ3) is 4.39. The molecule has 1 aliphatic carbocycles. The van der Waals surface area contributed by atoms with E-state index in [1.807, 2.05) is 36.1 Å². The second-order valence-electron chi connectivity index (χ2n) is 7.50. The average molecular weight is 426 g/mol. The zero-order valence-corrected chi connectivity index (χ0v) is 18.2. The number of nitrogens with one attached hydrogen (secondary N) is 1. The summed E-state index contributed by atoms with van der Waals surface area (Å²) in [6, 6.07) is 7.28. The van der Waals surface area contributed by atoms with Crippen LogP contribution in [0.1, 0.15) is 36.0 Å². The minimum atomic E-state index is -0.0809. The Labute approximate surface area is 180 Å². The van der Waals surface area contributed by atoms with Gasteiger partial charge in [0, 0.05) is 10.6 Å². The Kier molecular flexibility index (Phi) is 6.15. The van der Waals surface area contributed by atoms with Gasteiger partial charge in [0.2, 0.25) is 5.91 Å². The van der Waals surface area contributed by atoms with Crippen LogP contribution < -0.4 is 15.8 Å². The highest BCUT2D eigenvalue weighted by Gasteiger charge is 2.21. The largest absolute Gasteiger partial charge is 0.497 e. The van der Waals surface area contributed by atoms with Crippen LogP contribution in [0.2, 0.25) is 0 Å². The Morgan fingerprint density at radius 3 is 2.73 bits per heavy atom. The lowest BCUT2D eigenvalue weighted by Crippen LogP contribution is -2.33. The molecule has 2 aromatic heterocycles. The molecule has 0 spiro atoms. The standard InChI is InChI=1S/C22H27N5O2S/c1-3-27(13-19(28)24-14-8-10-15(29-2)11-9-14)12-18-25-21(23)20-16-6-4-5-7-17(16)30-22(20)26-18/h8-11H,3-7,12-13H2,1-2H3,(H,24,28)(H2,23,25,26). The van der Waals surface area contributed by atoms with Crippen molar-refractivity contribution >= 4 is 39.0 Å². The van der Waals surface area contributed by atoms with Gasteiger partial charge in [0.1, 0.15) is 22.2 Å². The molecule has 8 heteroatoms. The molecule has 3 N–H and O–H groups in total. The van der Waals surface area contributed by atoms with Crippen molar-refractivity contribution in [2.75, 3.05) is 31.2 Å². The maximum Gasteiger partial charge on any atom is 0.238 e. The number of nitrogen functional groups attached to an aromatic ring is 1. The SMILES string of the molecule is CCN(CC(=O)Nc1ccc(OC)cc1)Cc1nc(N)c2c3c(sc2n1)CCCC3. The number of hydrogen-bond donors (Lipinski definition) is 2. The zero-order chi connectivity index (χ0) is 21.1. The van der Waals surface area contributed by atoms with E-state index >= 15 is 0 Å². The molecule has 0 bridgehead atoms. The predicted octanol–water partition coefficient (Wildman–Crippen LogP) is 3.62. The van der Waals surface area contributed by atoms with Crippen LogP contribution in [0.4, 0.5) is 11.5 Å². The number of carbonyl (C=O) groups excluding carboxylic acids is 1. The molecule has 158 valence electrons. The molecule has 0 fully saturated rings. The fourth-order valence-corrected chi connectivity index (χ4v) is 5.15. The third-order valence-electron chi connectivity index (χ3n) is 5.44. The molecule has 4 rings (SSSR count). The van der Waals surface area contributed by atoms with Gasteiger partial charge in [-0.1, -0.05) is 6.92 Å². The molecule has 0 saturated carbocycles. The highest BCUT2D eigenvalue weighted by atomic mass is 32.1. The topological polar surface area (TPSA) is 93.4 Å². The van der Waals surface area contributed by atoms with E-state index < -0.39 is 0 Å². The maximum atomic E-state index is 12.5. The van der Waals surface area contributed by atoms with Crippen molar-refractivity contribution in [1.82, 2.24) is 14.9 Å². The van der Waals surface area contributed by atoms with Crippen molar-refractivity contribution < 1.29 is 9.53 Å². The van der Waals surface area contributed by atoms with E-state index in [1.54, 1.807) is 18.4 Å². The summed E-state index contributed by atoms with van der Waals surface area (Å²) in [6.45, 7) is 3.46. The van der Waals surface area contributed by atoms with Gasteiger partial charge in [-0.05, 0) is 62.1 Å². The molecule has 30 heavy (non-hydrogen) atoms. The van der Waals surface area contributed by atoms with E-state index in [2.05, 4.69) is 10.3 Å². The van der Waals surface area contributed by atoms with Crippen molar-refractivity contribution in [1.29, 1.82) is 0 Å². The molecule has 2 heterocycles. The van der Waals surface area contributed by atoms with E-state index in [-0.39, 0.29) is 12.5 Å². The quantitative estimate of drug-likeness (QED) is 0.601. The molecular weight excluding hydrogens is 398 g/mol. The van der Waals surface area contributed by atoms with Crippen LogP contribution in [0, 0.1) is 0 Å². The summed E-state index contributed by atoms with van der Waals surface area (Å²) in [5, 5.41) is 3.96. The van der Waals surface area contributed by atoms with Gasteiger partial charge >= 0.3 is 0 Å². The summed E-state index contributed by atoms with van der Waals surface area (Å²) in [7, 11) is 1.62. The summed E-state index contributed by atoms with van der Waals surface area (Å²) in [5.74, 6) is 1.90. The number of hydrogen-bond acceptors (Lipinski definition) is 7. The molecule has 0 radical (unpaired) electrons. The van der Waals surface area contributed by atoms with Crippen LogP contribution >= 0.6 is 11.3 Å². The van der Waals surface area contributed by atoms with Gasteiger partial charge in [0.15, 0.2) is 0 Å². The Balaban J connectivity index is 1.45. The minimum Gasteiger partial charge on any atom is -0.497 e. The van der Waals surface area contributed by atoms with E-state index in [4.69, 9.17) is 15.5 Å². The number of aryl methyl sites for hydroxylation is 2. The van der Waals surface area contributed by atoms with Gasteiger partial charge in [0.25, 0.3) is 0 Å². The summed E-state index contributed by atoms with van der Waals surface area (Å²) in [4.78, 5) is 26.2. The number of anilines is 2. The second-order valence-corrected chi connectivity index (χ2v) is 8.58. The molecule has 0 saturated heterocycles. The first-order chi connectivity index (χ1) is 14.6. The number of methoxy groups -OCH3 is 1. The van der Waals surface area contributed by atoms with Gasteiger partial charge in [0.05, 0.1) is 25.6 Å². The number of aromatic nitrogens is 2. The summed E-state index contributed by atoms with van der Waals surface area (Å²) in [5.41, 5.74) is 8.40. The molecule has 0 aliphatic heterocycles. The van der Waals surface area contributed by atoms with Crippen LogP contribution in [0.25, 0.3) is 10.2 Å². The number of amides is 1. The molecule has 3 aromatic rings. The predicted molar refractivity (Wildman–Crippen MR) is 121 cm³/mol. The summed E-state index contributed by atoms with van der Waals surface area (Å²) < 4.78 is 5.15. The Bertz CT molecular complexity index is 1050. The smallest absolute Gasteiger partial charge is 0.238 e. The Hall–Kier alpha value is -2.71. The van der Waals surface area contributed by atoms with Crippen molar-refractivity contribution in [3.63, 3.8) is 0 Å². The zero-order valence-electron chi connectivity index (χ0n) is 17.4. The first-order valence-electron chi connectivity index (χ1n) is 10.3. The molecule has 1 aromatic carbocycles. The summed E-state index contributed by atoms with van der Waals surface area (Å²) >= 11 is 1.74. The molecule has 1 aliphatic rings. The molecule has 1 amide bonds. The fourth-order valence-electron chi connectivity index (χ4n) is 3.86. The number of nitrogens with zero attached hydrogens (tertiary/aromatic N) is 3. The number of carbonyl (C=O) groups is 1. The average Bonchev–Trinajstić information content (AvgIpc) is 3.12. The highest BCUT2D eigenvalue weighted by Crippen LogP contribution is 2.37. The van der Waals surface area contributed by atoms with Gasteiger partial charge in [-0.3, -0.25) is 9.69 Å². The van der Waals surface area contributed by atoms with Crippen LogP contribution in [0.5, 0.6) is 5.75 Å². The molecular formula is C22H27N5O2S. The third-order valence-corrected chi connectivity index (χ3v) is 6.63. The summed E-state index contributed by atoms with van der Waals surface area (Å²) in [6.07, 6.45) is 4.60. The van der Waals surface area contributed by atoms with Crippen LogP contribution in [-0.2, 0) is 24.2 Å². The first kappa shape index (κ1) is 20.6. The van der Waals surface area contributed by atoms with E-state index in [9.17, 15) is 4.79 Å². The number of likely N-dealkylation sites (N-methyl/N-ethyl adjacent to an activating group) is 1. The number of fused-ring (bicyclic) bond motifs is 3. The Morgan fingerprint density at radius 2 is 2.00 bits per heavy atom. The van der Waals surface area contributed by atoms with Crippen molar-refractivity contribution in [3.05, 3.63) is 40.5 Å². The van der Waals surface area contributed by atoms with Crippen LogP contribution in [0.15, 0.2) is 24.3 Å². The Morgan fingerprint density at radius 1 is 1.23 bits per heavy atom. The fraction of sp³-hybridized carbons (Fsp3) is 0.409.